The van der Waals surface area contributed by atoms with Crippen LogP contribution in [0.4, 0.5) is 26.3 Å². The van der Waals surface area contributed by atoms with E-state index in [1.165, 1.54) is 6.07 Å². The van der Waals surface area contributed by atoms with Crippen molar-refractivity contribution in [1.29, 1.82) is 0 Å². The topological polar surface area (TPSA) is 49.9 Å². The summed E-state index contributed by atoms with van der Waals surface area (Å²) in [7, 11) is 0. The van der Waals surface area contributed by atoms with Crippen molar-refractivity contribution in [2.75, 3.05) is 0 Å². The zero-order chi connectivity index (χ0) is 13.7. The summed E-state index contributed by atoms with van der Waals surface area (Å²) in [5, 5.41) is 0. The van der Waals surface area contributed by atoms with Crippen LogP contribution >= 0.6 is 0 Å². The molecule has 1 rings (SSSR count). The highest BCUT2D eigenvalue weighted by Gasteiger charge is 2.55. The zero-order valence-electron chi connectivity index (χ0n) is 7.89. The maximum Gasteiger partial charge on any atom is 0.459 e. The van der Waals surface area contributed by atoms with Crippen LogP contribution in [-0.2, 0) is 4.79 Å². The van der Waals surface area contributed by atoms with Crippen LogP contribution in [0.15, 0.2) is 29.2 Å². The average Bonchev–Trinajstić information content (AvgIpc) is 2.16. The van der Waals surface area contributed by atoms with E-state index in [-0.39, 0.29) is 5.56 Å². The first-order valence-electron chi connectivity index (χ1n) is 3.87. The second-order valence-electron chi connectivity index (χ2n) is 2.55. The van der Waals surface area contributed by atoms with E-state index in [1.807, 2.05) is 0 Å². The Hall–Kier alpha value is -1.80. The number of rotatable bonds is 0. The lowest BCUT2D eigenvalue weighted by atomic mass is 10.4. The van der Waals surface area contributed by atoms with Gasteiger partial charge in [0.25, 0.3) is 0 Å². The summed E-state index contributed by atoms with van der Waals surface area (Å²) in [5.41, 5.74) is -0.0532. The zero-order valence-corrected chi connectivity index (χ0v) is 7.89. The number of hydrogen-bond donors (Lipinski definition) is 1. The fourth-order valence-corrected chi connectivity index (χ4v) is 0.538. The molecule has 0 aromatic carbocycles. The fourth-order valence-electron chi connectivity index (χ4n) is 0.538. The summed E-state index contributed by atoms with van der Waals surface area (Å²) >= 11 is 0. The van der Waals surface area contributed by atoms with Crippen molar-refractivity contribution >= 4 is 5.78 Å². The van der Waals surface area contributed by atoms with Crippen molar-refractivity contribution < 1.29 is 31.1 Å². The van der Waals surface area contributed by atoms with Gasteiger partial charge < -0.3 is 4.98 Å². The quantitative estimate of drug-likeness (QED) is 0.726. The lowest BCUT2D eigenvalue weighted by Crippen LogP contribution is -2.36. The summed E-state index contributed by atoms with van der Waals surface area (Å²) in [5.74, 6) is -3.68. The Morgan fingerprint density at radius 3 is 1.59 bits per heavy atom. The smallest absolute Gasteiger partial charge is 0.329 e. The minimum Gasteiger partial charge on any atom is -0.329 e. The second kappa shape index (κ2) is 5.51. The Morgan fingerprint density at radius 1 is 1.00 bits per heavy atom. The van der Waals surface area contributed by atoms with E-state index < -0.39 is 18.1 Å². The number of halogens is 6. The van der Waals surface area contributed by atoms with Crippen molar-refractivity contribution in [1.82, 2.24) is 4.98 Å². The number of aromatic amines is 1. The van der Waals surface area contributed by atoms with E-state index in [4.69, 9.17) is 0 Å². The van der Waals surface area contributed by atoms with Crippen LogP contribution in [0.5, 0.6) is 0 Å². The van der Waals surface area contributed by atoms with Gasteiger partial charge in [0, 0.05) is 12.3 Å². The molecule has 1 aromatic rings. The van der Waals surface area contributed by atoms with Gasteiger partial charge in [0.15, 0.2) is 0 Å². The van der Waals surface area contributed by atoms with Crippen molar-refractivity contribution in [3.05, 3.63) is 34.7 Å². The van der Waals surface area contributed by atoms with Gasteiger partial charge in [-0.05, 0) is 6.07 Å². The first-order chi connectivity index (χ1) is 7.55. The molecular weight excluding hydrogens is 256 g/mol. The Balaban J connectivity index is 0.000000318. The van der Waals surface area contributed by atoms with Crippen molar-refractivity contribution in [3.8, 4) is 0 Å². The van der Waals surface area contributed by atoms with Crippen molar-refractivity contribution in [2.24, 2.45) is 0 Å². The summed E-state index contributed by atoms with van der Waals surface area (Å²) in [4.78, 5) is 21.9. The Morgan fingerprint density at radius 2 is 1.47 bits per heavy atom. The molecule has 0 unspecified atom stereocenters. The standard InChI is InChI=1S/C5H5NO.C3F6O/c7-5-3-1-2-4-6-5;4-2(5,6)1(10)3(7,8)9/h1-4H,(H,6,7);. The highest BCUT2D eigenvalue weighted by Crippen LogP contribution is 2.28. The van der Waals surface area contributed by atoms with Gasteiger partial charge in [0.2, 0.25) is 5.56 Å². The number of Topliss-reactive ketones (excluding diaryl/α,β-unsaturated/α-hetero) is 1. The van der Waals surface area contributed by atoms with E-state index in [0.717, 1.165) is 0 Å². The first-order valence-corrected chi connectivity index (χ1v) is 3.87. The highest BCUT2D eigenvalue weighted by atomic mass is 19.4. The minimum atomic E-state index is -5.82. The number of carbonyl (C=O) groups excluding carboxylic acids is 1. The molecule has 9 heteroatoms. The maximum absolute atomic E-state index is 10.9. The lowest BCUT2D eigenvalue weighted by molar-refractivity contribution is -0.217. The number of aromatic nitrogens is 1. The molecule has 0 aliphatic rings. The molecule has 3 nitrogen and oxygen atoms in total. The molecule has 0 aliphatic carbocycles. The molecule has 0 fully saturated rings. The molecule has 96 valence electrons. The normalized spacial score (nSPS) is 11.4. The number of carbonyl (C=O) groups is 1. The van der Waals surface area contributed by atoms with Gasteiger partial charge in [-0.2, -0.15) is 26.3 Å². The van der Waals surface area contributed by atoms with Crippen LogP contribution < -0.4 is 5.56 Å². The monoisotopic (exact) mass is 261 g/mol. The number of alkyl halides is 6. The molecule has 0 saturated heterocycles. The van der Waals surface area contributed by atoms with Crippen LogP contribution in [0.25, 0.3) is 0 Å². The number of nitrogens with one attached hydrogen (secondary N) is 1. The van der Waals surface area contributed by atoms with Gasteiger partial charge >= 0.3 is 18.1 Å². The number of H-pyrrole nitrogens is 1. The number of pyridine rings is 1. The molecule has 1 N–H and O–H groups in total. The predicted molar refractivity (Wildman–Crippen MR) is 44.2 cm³/mol. The van der Waals surface area contributed by atoms with Crippen molar-refractivity contribution in [2.45, 2.75) is 12.4 Å². The molecular formula is C8H5F6NO2. The third-order valence-corrected chi connectivity index (χ3v) is 1.20. The Labute approximate surface area is 90.1 Å². The third-order valence-electron chi connectivity index (χ3n) is 1.20. The molecule has 1 aromatic heterocycles. The summed E-state index contributed by atoms with van der Waals surface area (Å²) < 4.78 is 65.3. The Bertz CT molecular complexity index is 386. The first kappa shape index (κ1) is 15.2. The average molecular weight is 261 g/mol. The number of hydrogen-bond acceptors (Lipinski definition) is 2. The molecule has 0 atom stereocenters. The second-order valence-corrected chi connectivity index (χ2v) is 2.55. The maximum atomic E-state index is 10.9. The molecule has 0 amide bonds. The summed E-state index contributed by atoms with van der Waals surface area (Å²) in [6, 6.07) is 4.93. The van der Waals surface area contributed by atoms with Crippen LogP contribution in [0.3, 0.4) is 0 Å². The highest BCUT2D eigenvalue weighted by molar-refractivity contribution is 5.89. The fraction of sp³-hybridized carbons (Fsp3) is 0.250. The molecule has 0 radical (unpaired) electrons. The van der Waals surface area contributed by atoms with Crippen LogP contribution in [-0.4, -0.2) is 23.1 Å². The summed E-state index contributed by atoms with van der Waals surface area (Å²) in [6.07, 6.45) is -10.0. The minimum absolute atomic E-state index is 0.0532. The van der Waals surface area contributed by atoms with E-state index in [2.05, 4.69) is 4.98 Å². The summed E-state index contributed by atoms with van der Waals surface area (Å²) in [6.45, 7) is 0. The molecule has 17 heavy (non-hydrogen) atoms. The van der Waals surface area contributed by atoms with Gasteiger partial charge in [-0.15, -0.1) is 0 Å². The van der Waals surface area contributed by atoms with Gasteiger partial charge in [0.1, 0.15) is 0 Å². The SMILES string of the molecule is O=C(C(F)(F)F)C(F)(F)F.O=c1cccc[nH]1. The molecule has 0 aliphatic heterocycles. The van der Waals surface area contributed by atoms with E-state index in [0.29, 0.717) is 0 Å². The predicted octanol–water partition coefficient (Wildman–Crippen LogP) is 2.05. The van der Waals surface area contributed by atoms with Crippen molar-refractivity contribution in [3.63, 3.8) is 0 Å². The van der Waals surface area contributed by atoms with E-state index in [1.54, 1.807) is 18.3 Å². The third kappa shape index (κ3) is 6.38. The lowest BCUT2D eigenvalue weighted by Gasteiger charge is -2.06. The van der Waals surface area contributed by atoms with Crippen LogP contribution in [0.2, 0.25) is 0 Å². The van der Waals surface area contributed by atoms with Gasteiger partial charge in [-0.3, -0.25) is 9.59 Å². The van der Waals surface area contributed by atoms with Gasteiger partial charge in [-0.25, -0.2) is 0 Å². The molecule has 0 saturated carbocycles. The molecule has 0 spiro atoms. The molecule has 0 bridgehead atoms. The van der Waals surface area contributed by atoms with Gasteiger partial charge in [-0.1, -0.05) is 6.07 Å². The number of ketones is 1. The van der Waals surface area contributed by atoms with Crippen LogP contribution in [0, 0.1) is 0 Å². The van der Waals surface area contributed by atoms with E-state index in [9.17, 15) is 35.9 Å². The van der Waals surface area contributed by atoms with Gasteiger partial charge in [0.05, 0.1) is 0 Å². The largest absolute Gasteiger partial charge is 0.459 e. The van der Waals surface area contributed by atoms with Crippen LogP contribution in [0.1, 0.15) is 0 Å². The molecule has 1 heterocycles. The Kier molecular flexibility index (Phi) is 4.92. The van der Waals surface area contributed by atoms with E-state index >= 15 is 0 Å².